The van der Waals surface area contributed by atoms with E-state index >= 15 is 0 Å². The first-order chi connectivity index (χ1) is 9.54. The molecule has 0 spiro atoms. The summed E-state index contributed by atoms with van der Waals surface area (Å²) >= 11 is 5.48. The maximum absolute atomic E-state index is 13.8. The Morgan fingerprint density at radius 1 is 1.30 bits per heavy atom. The summed E-state index contributed by atoms with van der Waals surface area (Å²) in [5, 5.41) is 9.01. The first-order valence-electron chi connectivity index (χ1n) is 6.61. The average Bonchev–Trinajstić information content (AvgIpc) is 2.67. The van der Waals surface area contributed by atoms with Crippen molar-refractivity contribution in [2.24, 2.45) is 0 Å². The molecule has 0 aromatic heterocycles. The fourth-order valence-electron chi connectivity index (χ4n) is 2.48. The molecule has 0 saturated carbocycles. The maximum atomic E-state index is 13.8. The highest BCUT2D eigenvalue weighted by atomic mass is 35.5. The molecule has 2 rings (SSSR count). The predicted molar refractivity (Wildman–Crippen MR) is 71.7 cm³/mol. The third-order valence-corrected chi connectivity index (χ3v) is 3.88. The van der Waals surface area contributed by atoms with Crippen molar-refractivity contribution in [1.82, 2.24) is 4.90 Å². The summed E-state index contributed by atoms with van der Waals surface area (Å²) in [6.45, 7) is 0.261. The Balaban J connectivity index is 2.31. The van der Waals surface area contributed by atoms with Crippen molar-refractivity contribution in [3.63, 3.8) is 0 Å². The molecule has 3 nitrogen and oxygen atoms in total. The number of halogens is 3. The Morgan fingerprint density at radius 2 is 2.05 bits per heavy atom. The fourth-order valence-corrected chi connectivity index (χ4v) is 2.63. The predicted octanol–water partition coefficient (Wildman–Crippen LogP) is 3.00. The summed E-state index contributed by atoms with van der Waals surface area (Å²) in [6.07, 6.45) is 3.32. The number of carbonyl (C=O) groups excluding carboxylic acids is 1. The lowest BCUT2D eigenvalue weighted by Gasteiger charge is -2.28. The van der Waals surface area contributed by atoms with Crippen LogP contribution < -0.4 is 0 Å². The Kier molecular flexibility index (Phi) is 4.94. The molecule has 1 aliphatic heterocycles. The van der Waals surface area contributed by atoms with Gasteiger partial charge in [0.1, 0.15) is 11.6 Å². The molecule has 1 aromatic carbocycles. The first-order valence-corrected chi connectivity index (χ1v) is 6.98. The van der Waals surface area contributed by atoms with E-state index in [9.17, 15) is 18.7 Å². The molecular formula is C14H16ClF2NO2. The van der Waals surface area contributed by atoms with Crippen molar-refractivity contribution in [2.45, 2.75) is 31.7 Å². The monoisotopic (exact) mass is 303 g/mol. The molecule has 1 unspecified atom stereocenters. The summed E-state index contributed by atoms with van der Waals surface area (Å²) in [6, 6.07) is 1.28. The Labute approximate surface area is 121 Å². The Bertz CT molecular complexity index is 510. The second kappa shape index (κ2) is 6.50. The zero-order valence-electron chi connectivity index (χ0n) is 10.9. The van der Waals surface area contributed by atoms with Gasteiger partial charge in [-0.05, 0) is 25.0 Å². The van der Waals surface area contributed by atoms with Crippen LogP contribution in [0.1, 0.15) is 36.0 Å². The summed E-state index contributed by atoms with van der Waals surface area (Å²) in [5.41, 5.74) is -0.341. The Hall–Kier alpha value is -1.20. The van der Waals surface area contributed by atoms with Gasteiger partial charge >= 0.3 is 0 Å². The minimum Gasteiger partial charge on any atom is -0.394 e. The molecular weight excluding hydrogens is 288 g/mol. The normalized spacial score (nSPS) is 19.8. The summed E-state index contributed by atoms with van der Waals surface area (Å²) < 4.78 is 27.2. The molecule has 0 aliphatic carbocycles. The van der Waals surface area contributed by atoms with Crippen LogP contribution in [-0.4, -0.2) is 35.1 Å². The van der Waals surface area contributed by atoms with Gasteiger partial charge in [0.05, 0.1) is 23.2 Å². The van der Waals surface area contributed by atoms with Gasteiger partial charge in [-0.3, -0.25) is 4.79 Å². The van der Waals surface area contributed by atoms with E-state index < -0.39 is 17.5 Å². The van der Waals surface area contributed by atoms with Gasteiger partial charge in [-0.25, -0.2) is 8.78 Å². The van der Waals surface area contributed by atoms with Crippen LogP contribution in [-0.2, 0) is 0 Å². The number of hydrogen-bond acceptors (Lipinski definition) is 2. The average molecular weight is 304 g/mol. The number of likely N-dealkylation sites (tertiary alicyclic amines) is 1. The number of benzene rings is 1. The minimum atomic E-state index is -0.845. The van der Waals surface area contributed by atoms with Gasteiger partial charge in [0.25, 0.3) is 5.91 Å². The van der Waals surface area contributed by atoms with Crippen LogP contribution in [0.3, 0.4) is 0 Å². The van der Waals surface area contributed by atoms with Gasteiger partial charge in [-0.2, -0.15) is 0 Å². The van der Waals surface area contributed by atoms with Crippen LogP contribution in [0, 0.1) is 11.6 Å². The number of carbonyl (C=O) groups is 1. The summed E-state index contributed by atoms with van der Waals surface area (Å²) in [4.78, 5) is 13.8. The molecule has 1 fully saturated rings. The van der Waals surface area contributed by atoms with Crippen LogP contribution in [0.15, 0.2) is 12.1 Å². The van der Waals surface area contributed by atoms with Gasteiger partial charge in [0, 0.05) is 6.54 Å². The molecule has 0 bridgehead atoms. The van der Waals surface area contributed by atoms with Crippen LogP contribution in [0.25, 0.3) is 0 Å². The van der Waals surface area contributed by atoms with Crippen molar-refractivity contribution in [2.75, 3.05) is 13.2 Å². The van der Waals surface area contributed by atoms with Gasteiger partial charge in [-0.15, -0.1) is 0 Å². The molecule has 110 valence electrons. The van der Waals surface area contributed by atoms with E-state index in [1.54, 1.807) is 0 Å². The van der Waals surface area contributed by atoms with Gasteiger partial charge in [0.2, 0.25) is 0 Å². The summed E-state index contributed by atoms with van der Waals surface area (Å²) in [5.74, 6) is -2.27. The lowest BCUT2D eigenvalue weighted by molar-refractivity contribution is 0.0594. The summed E-state index contributed by atoms with van der Waals surface area (Å²) in [7, 11) is 0. The van der Waals surface area contributed by atoms with Crippen molar-refractivity contribution >= 4 is 17.5 Å². The maximum Gasteiger partial charge on any atom is 0.257 e. The number of rotatable bonds is 2. The number of nitrogens with zero attached hydrogens (tertiary/aromatic N) is 1. The molecule has 1 aliphatic rings. The van der Waals surface area contributed by atoms with Crippen LogP contribution >= 0.6 is 11.6 Å². The molecule has 1 heterocycles. The third-order valence-electron chi connectivity index (χ3n) is 3.59. The number of amides is 1. The molecule has 1 atom stereocenters. The van der Waals surface area contributed by atoms with E-state index in [2.05, 4.69) is 0 Å². The fraction of sp³-hybridized carbons (Fsp3) is 0.500. The third kappa shape index (κ3) is 3.10. The molecule has 6 heteroatoms. The Morgan fingerprint density at radius 3 is 2.75 bits per heavy atom. The van der Waals surface area contributed by atoms with E-state index in [4.69, 9.17) is 11.6 Å². The van der Waals surface area contributed by atoms with Gasteiger partial charge < -0.3 is 10.0 Å². The lowest BCUT2D eigenvalue weighted by Crippen LogP contribution is -2.42. The zero-order chi connectivity index (χ0) is 14.7. The van der Waals surface area contributed by atoms with E-state index in [0.29, 0.717) is 13.0 Å². The van der Waals surface area contributed by atoms with E-state index in [1.807, 2.05) is 0 Å². The van der Waals surface area contributed by atoms with Crippen LogP contribution in [0.4, 0.5) is 8.78 Å². The second-order valence-corrected chi connectivity index (χ2v) is 5.34. The van der Waals surface area contributed by atoms with Crippen molar-refractivity contribution in [3.05, 3.63) is 34.4 Å². The van der Waals surface area contributed by atoms with Crippen LogP contribution in [0.2, 0.25) is 5.02 Å². The molecule has 1 N–H and O–H groups in total. The molecule has 0 radical (unpaired) electrons. The molecule has 1 amide bonds. The standard InChI is InChI=1S/C14H16ClF2NO2/c15-11-7-12(16)10(6-13(11)17)14(20)18-5-3-1-2-4-9(18)8-19/h6-7,9,19H,1-5,8H2. The highest BCUT2D eigenvalue weighted by molar-refractivity contribution is 6.30. The molecule has 1 saturated heterocycles. The van der Waals surface area contributed by atoms with Crippen molar-refractivity contribution < 1.29 is 18.7 Å². The smallest absolute Gasteiger partial charge is 0.257 e. The van der Waals surface area contributed by atoms with E-state index in [0.717, 1.165) is 31.4 Å². The number of aliphatic hydroxyl groups is 1. The van der Waals surface area contributed by atoms with Crippen molar-refractivity contribution in [3.8, 4) is 0 Å². The zero-order valence-corrected chi connectivity index (χ0v) is 11.7. The van der Waals surface area contributed by atoms with Gasteiger partial charge in [0.15, 0.2) is 0 Å². The topological polar surface area (TPSA) is 40.5 Å². The highest BCUT2D eigenvalue weighted by Crippen LogP contribution is 2.23. The largest absolute Gasteiger partial charge is 0.394 e. The quantitative estimate of drug-likeness (QED) is 0.853. The van der Waals surface area contributed by atoms with E-state index in [-0.39, 0.29) is 23.2 Å². The SMILES string of the molecule is O=C(c1cc(F)c(Cl)cc1F)N1CCCCCC1CO. The van der Waals surface area contributed by atoms with Gasteiger partial charge in [-0.1, -0.05) is 24.4 Å². The second-order valence-electron chi connectivity index (χ2n) is 4.93. The number of hydrogen-bond donors (Lipinski definition) is 1. The molecule has 20 heavy (non-hydrogen) atoms. The van der Waals surface area contributed by atoms with Crippen LogP contribution in [0.5, 0.6) is 0 Å². The highest BCUT2D eigenvalue weighted by Gasteiger charge is 2.28. The number of aliphatic hydroxyl groups excluding tert-OH is 1. The first kappa shape index (κ1) is 15.2. The van der Waals surface area contributed by atoms with Crippen molar-refractivity contribution in [1.29, 1.82) is 0 Å². The minimum absolute atomic E-state index is 0.177. The van der Waals surface area contributed by atoms with E-state index in [1.165, 1.54) is 4.90 Å². The molecule has 1 aromatic rings. The lowest BCUT2D eigenvalue weighted by atomic mass is 10.1.